The average molecular weight is 237 g/mol. The molecule has 1 aromatic rings. The van der Waals surface area contributed by atoms with E-state index in [1.807, 2.05) is 13.8 Å². The molecule has 1 aliphatic heterocycles. The highest BCUT2D eigenvalue weighted by atomic mass is 19.1. The van der Waals surface area contributed by atoms with Gasteiger partial charge < -0.3 is 9.64 Å². The number of hydrogen-bond donors (Lipinski definition) is 0. The van der Waals surface area contributed by atoms with Crippen LogP contribution >= 0.6 is 0 Å². The van der Waals surface area contributed by atoms with Crippen LogP contribution in [0.15, 0.2) is 24.3 Å². The maximum absolute atomic E-state index is 13.0. The van der Waals surface area contributed by atoms with Crippen molar-refractivity contribution >= 4 is 5.91 Å². The molecule has 0 spiro atoms. The topological polar surface area (TPSA) is 29.5 Å². The maximum atomic E-state index is 13.0. The minimum Gasteiger partial charge on any atom is -0.359 e. The average Bonchev–Trinajstić information content (AvgIpc) is 2.58. The molecule has 4 heteroatoms. The maximum Gasteiger partial charge on any atom is 0.229 e. The van der Waals surface area contributed by atoms with Gasteiger partial charge in [0.2, 0.25) is 5.91 Å². The Bertz CT molecular complexity index is 431. The molecule has 0 radical (unpaired) electrons. The Morgan fingerprint density at radius 1 is 1.53 bits per heavy atom. The number of hydrogen-bond acceptors (Lipinski definition) is 2. The third kappa shape index (κ3) is 2.64. The Morgan fingerprint density at radius 3 is 2.88 bits per heavy atom. The van der Waals surface area contributed by atoms with Crippen LogP contribution in [-0.4, -0.2) is 29.7 Å². The fraction of sp³-hybridized carbons (Fsp3) is 0.462. The first-order valence-corrected chi connectivity index (χ1v) is 5.62. The molecule has 1 aliphatic rings. The largest absolute Gasteiger partial charge is 0.359 e. The highest BCUT2D eigenvalue weighted by Crippen LogP contribution is 2.22. The van der Waals surface area contributed by atoms with Gasteiger partial charge in [-0.3, -0.25) is 4.79 Å². The van der Waals surface area contributed by atoms with Gasteiger partial charge in [-0.05, 0) is 31.5 Å². The first-order valence-electron chi connectivity index (χ1n) is 5.62. The summed E-state index contributed by atoms with van der Waals surface area (Å²) >= 11 is 0. The molecule has 0 unspecified atom stereocenters. The standard InChI is InChI=1S/C13H16FNO2/c1-13(2)8-17-9-15(13)12(16)7-10-4-3-5-11(14)6-10/h3-6H,7-9H2,1-2H3. The smallest absolute Gasteiger partial charge is 0.229 e. The van der Waals surface area contributed by atoms with E-state index in [0.717, 1.165) is 0 Å². The SMILES string of the molecule is CC1(C)COCN1C(=O)Cc1cccc(F)c1. The van der Waals surface area contributed by atoms with Crippen LogP contribution in [0.3, 0.4) is 0 Å². The second-order valence-corrected chi connectivity index (χ2v) is 4.92. The molecule has 1 aromatic carbocycles. The quantitative estimate of drug-likeness (QED) is 0.787. The summed E-state index contributed by atoms with van der Waals surface area (Å²) in [5.41, 5.74) is 0.419. The molecule has 2 rings (SSSR count). The molecule has 92 valence electrons. The van der Waals surface area contributed by atoms with Crippen LogP contribution in [0.5, 0.6) is 0 Å². The molecule has 0 N–H and O–H groups in total. The molecule has 0 saturated carbocycles. The summed E-state index contributed by atoms with van der Waals surface area (Å²) in [6, 6.07) is 6.13. The predicted octanol–water partition coefficient (Wildman–Crippen LogP) is 1.96. The lowest BCUT2D eigenvalue weighted by Crippen LogP contribution is -2.44. The van der Waals surface area contributed by atoms with E-state index in [0.29, 0.717) is 18.9 Å². The number of rotatable bonds is 2. The molecule has 1 amide bonds. The van der Waals surface area contributed by atoms with Crippen molar-refractivity contribution in [3.05, 3.63) is 35.6 Å². The van der Waals surface area contributed by atoms with Gasteiger partial charge in [0.15, 0.2) is 0 Å². The van der Waals surface area contributed by atoms with Crippen molar-refractivity contribution in [3.8, 4) is 0 Å². The van der Waals surface area contributed by atoms with Gasteiger partial charge in [-0.15, -0.1) is 0 Å². The van der Waals surface area contributed by atoms with Crippen LogP contribution in [0.25, 0.3) is 0 Å². The monoisotopic (exact) mass is 237 g/mol. The third-order valence-electron chi connectivity index (χ3n) is 2.95. The Labute approximate surface area is 100 Å². The molecule has 0 bridgehead atoms. The minimum absolute atomic E-state index is 0.0295. The van der Waals surface area contributed by atoms with Gasteiger partial charge in [0, 0.05) is 0 Å². The van der Waals surface area contributed by atoms with Crippen LogP contribution in [0.2, 0.25) is 0 Å². The van der Waals surface area contributed by atoms with E-state index in [9.17, 15) is 9.18 Å². The van der Waals surface area contributed by atoms with Crippen molar-refractivity contribution in [2.24, 2.45) is 0 Å². The highest BCUT2D eigenvalue weighted by molar-refractivity contribution is 5.79. The molecule has 17 heavy (non-hydrogen) atoms. The van der Waals surface area contributed by atoms with Crippen LogP contribution in [0, 0.1) is 5.82 Å². The molecule has 1 saturated heterocycles. The lowest BCUT2D eigenvalue weighted by atomic mass is 10.0. The summed E-state index contributed by atoms with van der Waals surface area (Å²) in [5, 5.41) is 0. The number of amides is 1. The number of nitrogens with zero attached hydrogens (tertiary/aromatic N) is 1. The zero-order valence-electron chi connectivity index (χ0n) is 10.1. The first kappa shape index (κ1) is 12.0. The number of benzene rings is 1. The van der Waals surface area contributed by atoms with E-state index in [1.165, 1.54) is 12.1 Å². The molecule has 0 aromatic heterocycles. The first-order chi connectivity index (χ1) is 7.99. The summed E-state index contributed by atoms with van der Waals surface area (Å²) in [6.07, 6.45) is 0.213. The summed E-state index contributed by atoms with van der Waals surface area (Å²) in [7, 11) is 0. The van der Waals surface area contributed by atoms with Crippen molar-refractivity contribution in [1.29, 1.82) is 0 Å². The number of carbonyl (C=O) groups excluding carboxylic acids is 1. The second-order valence-electron chi connectivity index (χ2n) is 4.92. The van der Waals surface area contributed by atoms with E-state index < -0.39 is 0 Å². The summed E-state index contributed by atoms with van der Waals surface area (Å²) in [4.78, 5) is 13.8. The third-order valence-corrected chi connectivity index (χ3v) is 2.95. The normalized spacial score (nSPS) is 18.4. The Morgan fingerprint density at radius 2 is 2.29 bits per heavy atom. The Kier molecular flexibility index (Phi) is 3.15. The highest BCUT2D eigenvalue weighted by Gasteiger charge is 2.36. The van der Waals surface area contributed by atoms with E-state index in [1.54, 1.807) is 17.0 Å². The van der Waals surface area contributed by atoms with Crippen molar-refractivity contribution in [3.63, 3.8) is 0 Å². The lowest BCUT2D eigenvalue weighted by molar-refractivity contribution is -0.134. The fourth-order valence-corrected chi connectivity index (χ4v) is 1.97. The van der Waals surface area contributed by atoms with E-state index in [4.69, 9.17) is 4.74 Å². The zero-order chi connectivity index (χ0) is 12.5. The molecule has 0 atom stereocenters. The van der Waals surface area contributed by atoms with Crippen LogP contribution in [0.4, 0.5) is 4.39 Å². The van der Waals surface area contributed by atoms with Crippen molar-refractivity contribution in [2.75, 3.05) is 13.3 Å². The summed E-state index contributed by atoms with van der Waals surface area (Å²) in [5.74, 6) is -0.342. The van der Waals surface area contributed by atoms with Gasteiger partial charge in [-0.2, -0.15) is 0 Å². The Hall–Kier alpha value is -1.42. The van der Waals surface area contributed by atoms with E-state index in [2.05, 4.69) is 0 Å². The van der Waals surface area contributed by atoms with Gasteiger partial charge in [0.05, 0.1) is 18.6 Å². The predicted molar refractivity (Wildman–Crippen MR) is 61.8 cm³/mol. The summed E-state index contributed by atoms with van der Waals surface area (Å²) in [6.45, 7) is 4.79. The molecular formula is C13H16FNO2. The van der Waals surface area contributed by atoms with Crippen molar-refractivity contribution in [1.82, 2.24) is 4.90 Å². The molecular weight excluding hydrogens is 221 g/mol. The van der Waals surface area contributed by atoms with E-state index in [-0.39, 0.29) is 23.7 Å². The molecule has 1 fully saturated rings. The van der Waals surface area contributed by atoms with Crippen LogP contribution in [0.1, 0.15) is 19.4 Å². The molecule has 1 heterocycles. The second kappa shape index (κ2) is 4.45. The number of ether oxygens (including phenoxy) is 1. The fourth-order valence-electron chi connectivity index (χ4n) is 1.97. The van der Waals surface area contributed by atoms with Gasteiger partial charge in [0.1, 0.15) is 12.5 Å². The van der Waals surface area contributed by atoms with Gasteiger partial charge in [-0.25, -0.2) is 4.39 Å². The number of carbonyl (C=O) groups is 1. The molecule has 3 nitrogen and oxygen atoms in total. The molecule has 0 aliphatic carbocycles. The summed E-state index contributed by atoms with van der Waals surface area (Å²) < 4.78 is 18.3. The van der Waals surface area contributed by atoms with Gasteiger partial charge >= 0.3 is 0 Å². The number of halogens is 1. The zero-order valence-corrected chi connectivity index (χ0v) is 10.1. The van der Waals surface area contributed by atoms with Crippen molar-refractivity contribution < 1.29 is 13.9 Å². The lowest BCUT2D eigenvalue weighted by Gasteiger charge is -2.29. The van der Waals surface area contributed by atoms with Crippen LogP contribution in [-0.2, 0) is 16.0 Å². The van der Waals surface area contributed by atoms with Crippen LogP contribution < -0.4 is 0 Å². The minimum atomic E-state index is -0.313. The Balaban J connectivity index is 2.07. The van der Waals surface area contributed by atoms with Gasteiger partial charge in [0.25, 0.3) is 0 Å². The van der Waals surface area contributed by atoms with Gasteiger partial charge in [-0.1, -0.05) is 12.1 Å². The van der Waals surface area contributed by atoms with Crippen molar-refractivity contribution in [2.45, 2.75) is 25.8 Å². The van der Waals surface area contributed by atoms with E-state index >= 15 is 0 Å².